The molecule has 176 valence electrons. The van der Waals surface area contributed by atoms with E-state index in [-0.39, 0.29) is 30.8 Å². The number of amides is 1. The van der Waals surface area contributed by atoms with Crippen LogP contribution in [0.5, 0.6) is 0 Å². The maximum atomic E-state index is 13.3. The summed E-state index contributed by atoms with van der Waals surface area (Å²) >= 11 is 0. The molecule has 2 aromatic carbocycles. The van der Waals surface area contributed by atoms with Crippen LogP contribution in [0.1, 0.15) is 36.3 Å². The molecule has 1 amide bonds. The lowest BCUT2D eigenvalue weighted by Gasteiger charge is -2.15. The Balaban J connectivity index is 1.41. The predicted octanol–water partition coefficient (Wildman–Crippen LogP) is 3.83. The Morgan fingerprint density at radius 3 is 2.62 bits per heavy atom. The van der Waals surface area contributed by atoms with Crippen LogP contribution in [0.4, 0.5) is 10.1 Å². The fourth-order valence-corrected chi connectivity index (χ4v) is 3.85. The van der Waals surface area contributed by atoms with Crippen LogP contribution in [0.3, 0.4) is 0 Å². The summed E-state index contributed by atoms with van der Waals surface area (Å²) in [4.78, 5) is 21.8. The van der Waals surface area contributed by atoms with Gasteiger partial charge in [-0.25, -0.2) is 14.4 Å². The number of nitrogens with one attached hydrogen (secondary N) is 2. The first-order chi connectivity index (χ1) is 16.5. The van der Waals surface area contributed by atoms with E-state index in [1.54, 1.807) is 18.3 Å². The van der Waals surface area contributed by atoms with Crippen LogP contribution < -0.4 is 10.6 Å². The van der Waals surface area contributed by atoms with E-state index >= 15 is 0 Å². The number of aryl methyl sites for hydroxylation is 1. The molecule has 4 aromatic rings. The molecule has 0 unspecified atom stereocenters. The topological polar surface area (TPSA) is 92.1 Å². The molecule has 7 nitrogen and oxygen atoms in total. The molecule has 0 radical (unpaired) electrons. The first-order valence-corrected chi connectivity index (χ1v) is 11.3. The molecule has 0 spiro atoms. The van der Waals surface area contributed by atoms with Crippen molar-refractivity contribution >= 4 is 22.8 Å². The molecule has 0 aliphatic carbocycles. The lowest BCUT2D eigenvalue weighted by Crippen LogP contribution is -2.27. The summed E-state index contributed by atoms with van der Waals surface area (Å²) in [6.07, 6.45) is 2.46. The minimum atomic E-state index is -0.278. The highest BCUT2D eigenvalue weighted by Crippen LogP contribution is 2.19. The standard InChI is InChI=1S/C26H28FN5O2/c1-18(20-6-10-22(11-7-20)28-15-16-33)30-25(34)13-12-24-31-23-3-2-14-29-26(23)32(24)17-19-4-8-21(27)9-5-19/h2-11,14,18,28,33H,12-13,15-17H2,1H3,(H,30,34)/t18-/m0/s1. The summed E-state index contributed by atoms with van der Waals surface area (Å²) in [5.41, 5.74) is 4.36. The van der Waals surface area contributed by atoms with Crippen LogP contribution >= 0.6 is 0 Å². The van der Waals surface area contributed by atoms with Gasteiger partial charge < -0.3 is 20.3 Å². The number of anilines is 1. The maximum absolute atomic E-state index is 13.3. The Kier molecular flexibility index (Phi) is 7.49. The average Bonchev–Trinajstić information content (AvgIpc) is 3.20. The smallest absolute Gasteiger partial charge is 0.220 e. The third-order valence-corrected chi connectivity index (χ3v) is 5.64. The van der Waals surface area contributed by atoms with Crippen LogP contribution in [-0.4, -0.2) is 38.7 Å². The van der Waals surface area contributed by atoms with Gasteiger partial charge in [-0.2, -0.15) is 0 Å². The Morgan fingerprint density at radius 1 is 1.12 bits per heavy atom. The van der Waals surface area contributed by atoms with Crippen molar-refractivity contribution in [3.8, 4) is 0 Å². The van der Waals surface area contributed by atoms with Crippen molar-refractivity contribution in [2.45, 2.75) is 32.4 Å². The molecule has 0 aliphatic rings. The number of aliphatic hydroxyl groups excluding tert-OH is 1. The molecule has 2 heterocycles. The second kappa shape index (κ2) is 10.9. The molecule has 0 aliphatic heterocycles. The zero-order valence-electron chi connectivity index (χ0n) is 19.0. The lowest BCUT2D eigenvalue weighted by atomic mass is 10.1. The van der Waals surface area contributed by atoms with Crippen molar-refractivity contribution in [1.29, 1.82) is 0 Å². The number of rotatable bonds is 10. The first kappa shape index (κ1) is 23.4. The Bertz CT molecular complexity index is 1240. The molecule has 0 saturated carbocycles. The van der Waals surface area contributed by atoms with Gasteiger partial charge in [0.2, 0.25) is 5.91 Å². The van der Waals surface area contributed by atoms with Crippen LogP contribution in [0.25, 0.3) is 11.2 Å². The predicted molar refractivity (Wildman–Crippen MR) is 130 cm³/mol. The number of hydrogen-bond acceptors (Lipinski definition) is 5. The second-order valence-electron chi connectivity index (χ2n) is 8.15. The number of fused-ring (bicyclic) bond motifs is 1. The van der Waals surface area contributed by atoms with Crippen LogP contribution in [0.2, 0.25) is 0 Å². The van der Waals surface area contributed by atoms with E-state index in [0.717, 1.165) is 33.8 Å². The van der Waals surface area contributed by atoms with Crippen LogP contribution in [0, 0.1) is 5.82 Å². The highest BCUT2D eigenvalue weighted by atomic mass is 19.1. The summed E-state index contributed by atoms with van der Waals surface area (Å²) in [6, 6.07) is 17.7. The van der Waals surface area contributed by atoms with Gasteiger partial charge in [-0.15, -0.1) is 0 Å². The van der Waals surface area contributed by atoms with Crippen molar-refractivity contribution in [2.24, 2.45) is 0 Å². The van der Waals surface area contributed by atoms with Crippen molar-refractivity contribution in [3.05, 3.63) is 89.6 Å². The number of carbonyl (C=O) groups excluding carboxylic acids is 1. The fourth-order valence-electron chi connectivity index (χ4n) is 3.85. The molecule has 1 atom stereocenters. The third kappa shape index (κ3) is 5.77. The van der Waals surface area contributed by atoms with Gasteiger partial charge in [0.25, 0.3) is 0 Å². The number of pyridine rings is 1. The van der Waals surface area contributed by atoms with Gasteiger partial charge in [0, 0.05) is 31.3 Å². The number of benzene rings is 2. The fraction of sp³-hybridized carbons (Fsp3) is 0.269. The number of imidazole rings is 1. The Labute approximate surface area is 197 Å². The number of carbonyl (C=O) groups is 1. The van der Waals surface area contributed by atoms with Gasteiger partial charge in [-0.05, 0) is 54.4 Å². The highest BCUT2D eigenvalue weighted by molar-refractivity contribution is 5.77. The molecule has 34 heavy (non-hydrogen) atoms. The zero-order chi connectivity index (χ0) is 23.9. The molecule has 8 heteroatoms. The summed E-state index contributed by atoms with van der Waals surface area (Å²) in [5.74, 6) is 0.419. The number of halogens is 1. The first-order valence-electron chi connectivity index (χ1n) is 11.3. The minimum Gasteiger partial charge on any atom is -0.395 e. The van der Waals surface area contributed by atoms with Gasteiger partial charge in [-0.1, -0.05) is 24.3 Å². The van der Waals surface area contributed by atoms with E-state index in [4.69, 9.17) is 10.1 Å². The molecule has 0 saturated heterocycles. The number of hydrogen-bond donors (Lipinski definition) is 3. The van der Waals surface area contributed by atoms with Crippen LogP contribution in [0.15, 0.2) is 66.9 Å². The van der Waals surface area contributed by atoms with Gasteiger partial charge in [0.15, 0.2) is 5.65 Å². The lowest BCUT2D eigenvalue weighted by molar-refractivity contribution is -0.121. The third-order valence-electron chi connectivity index (χ3n) is 5.64. The van der Waals surface area contributed by atoms with Crippen molar-refractivity contribution in [3.63, 3.8) is 0 Å². The van der Waals surface area contributed by atoms with E-state index in [0.29, 0.717) is 19.5 Å². The maximum Gasteiger partial charge on any atom is 0.220 e. The Hall–Kier alpha value is -3.78. The SMILES string of the molecule is C[C@H](NC(=O)CCc1nc2cccnc2n1Cc1ccc(F)cc1)c1ccc(NCCO)cc1. The van der Waals surface area contributed by atoms with Gasteiger partial charge in [0.05, 0.1) is 19.2 Å². The van der Waals surface area contributed by atoms with Crippen LogP contribution in [-0.2, 0) is 17.8 Å². The van der Waals surface area contributed by atoms with Crippen molar-refractivity contribution in [1.82, 2.24) is 19.9 Å². The molecule has 0 fully saturated rings. The van der Waals surface area contributed by atoms with Gasteiger partial charge in [-0.3, -0.25) is 4.79 Å². The minimum absolute atomic E-state index is 0.0664. The van der Waals surface area contributed by atoms with Crippen molar-refractivity contribution < 1.29 is 14.3 Å². The van der Waals surface area contributed by atoms with E-state index in [1.165, 1.54) is 12.1 Å². The van der Waals surface area contributed by atoms with E-state index in [2.05, 4.69) is 15.6 Å². The summed E-state index contributed by atoms with van der Waals surface area (Å²) in [7, 11) is 0. The molecular weight excluding hydrogens is 433 g/mol. The summed E-state index contributed by atoms with van der Waals surface area (Å²) in [6.45, 7) is 3.01. The van der Waals surface area contributed by atoms with E-state index < -0.39 is 0 Å². The molecule has 2 aromatic heterocycles. The normalized spacial score (nSPS) is 12.0. The van der Waals surface area contributed by atoms with Gasteiger partial charge in [0.1, 0.15) is 17.2 Å². The number of aliphatic hydroxyl groups is 1. The summed E-state index contributed by atoms with van der Waals surface area (Å²) in [5, 5.41) is 15.1. The van der Waals surface area contributed by atoms with Gasteiger partial charge >= 0.3 is 0 Å². The average molecular weight is 462 g/mol. The van der Waals surface area contributed by atoms with Crippen molar-refractivity contribution in [2.75, 3.05) is 18.5 Å². The summed E-state index contributed by atoms with van der Waals surface area (Å²) < 4.78 is 15.3. The zero-order valence-corrected chi connectivity index (χ0v) is 19.0. The molecular formula is C26H28FN5O2. The largest absolute Gasteiger partial charge is 0.395 e. The molecule has 0 bridgehead atoms. The molecule has 3 N–H and O–H groups in total. The molecule has 4 rings (SSSR count). The highest BCUT2D eigenvalue weighted by Gasteiger charge is 2.15. The Morgan fingerprint density at radius 2 is 1.88 bits per heavy atom. The van der Waals surface area contributed by atoms with E-state index in [1.807, 2.05) is 47.9 Å². The van der Waals surface area contributed by atoms with E-state index in [9.17, 15) is 9.18 Å². The number of aromatic nitrogens is 3. The second-order valence-corrected chi connectivity index (χ2v) is 8.15. The monoisotopic (exact) mass is 461 g/mol. The number of nitrogens with zero attached hydrogens (tertiary/aromatic N) is 3. The quantitative estimate of drug-likeness (QED) is 0.334.